The van der Waals surface area contributed by atoms with Gasteiger partial charge in [0.2, 0.25) is 0 Å². The van der Waals surface area contributed by atoms with Crippen LogP contribution >= 0.6 is 11.3 Å². The smallest absolute Gasteiger partial charge is 0.261 e. The number of H-pyrrole nitrogens is 1. The highest BCUT2D eigenvalue weighted by atomic mass is 32.1. The van der Waals surface area contributed by atoms with Crippen molar-refractivity contribution in [2.75, 3.05) is 20.6 Å². The van der Waals surface area contributed by atoms with E-state index >= 15 is 0 Å². The van der Waals surface area contributed by atoms with Gasteiger partial charge < -0.3 is 15.2 Å². The first kappa shape index (κ1) is 17.6. The predicted octanol–water partition coefficient (Wildman–Crippen LogP) is 1.99. The van der Waals surface area contributed by atoms with Gasteiger partial charge in [0, 0.05) is 24.2 Å². The highest BCUT2D eigenvalue weighted by Crippen LogP contribution is 2.21. The van der Waals surface area contributed by atoms with Gasteiger partial charge in [0.05, 0.1) is 6.04 Å². The maximum Gasteiger partial charge on any atom is 0.261 e. The monoisotopic (exact) mass is 359 g/mol. The second kappa shape index (κ2) is 7.33. The van der Waals surface area contributed by atoms with E-state index < -0.39 is 11.5 Å². The Morgan fingerprint density at radius 3 is 2.84 bits per heavy atom. The molecule has 2 aromatic rings. The molecule has 1 atom stereocenters. The number of ketones is 1. The Kier molecular flexibility index (Phi) is 5.15. The zero-order valence-corrected chi connectivity index (χ0v) is 15.1. The normalized spacial score (nSPS) is 15.1. The van der Waals surface area contributed by atoms with E-state index in [1.165, 1.54) is 6.07 Å². The third kappa shape index (κ3) is 3.72. The van der Waals surface area contributed by atoms with Crippen LogP contribution in [0.25, 0.3) is 0 Å². The molecule has 6 nitrogen and oxygen atoms in total. The van der Waals surface area contributed by atoms with Gasteiger partial charge in [-0.05, 0) is 55.4 Å². The first-order valence-electron chi connectivity index (χ1n) is 8.23. The van der Waals surface area contributed by atoms with Gasteiger partial charge in [0.1, 0.15) is 5.56 Å². The molecule has 0 unspecified atom stereocenters. The fourth-order valence-electron chi connectivity index (χ4n) is 3.09. The molecule has 2 aromatic heterocycles. The van der Waals surface area contributed by atoms with Crippen molar-refractivity contribution in [2.24, 2.45) is 0 Å². The maximum atomic E-state index is 12.5. The van der Waals surface area contributed by atoms with Gasteiger partial charge in [0.25, 0.3) is 11.5 Å². The largest absolute Gasteiger partial charge is 0.350 e. The Balaban J connectivity index is 1.78. The van der Waals surface area contributed by atoms with Crippen LogP contribution in [0.2, 0.25) is 0 Å². The van der Waals surface area contributed by atoms with E-state index in [0.29, 0.717) is 30.6 Å². The number of thiophene rings is 1. The van der Waals surface area contributed by atoms with Crippen molar-refractivity contribution in [1.82, 2.24) is 15.2 Å². The van der Waals surface area contributed by atoms with Crippen LogP contribution in [0.3, 0.4) is 0 Å². The zero-order valence-electron chi connectivity index (χ0n) is 14.3. The second-order valence-corrected chi connectivity index (χ2v) is 7.21. The Morgan fingerprint density at radius 2 is 2.16 bits per heavy atom. The van der Waals surface area contributed by atoms with Crippen molar-refractivity contribution < 1.29 is 9.59 Å². The third-order valence-electron chi connectivity index (χ3n) is 4.51. The number of aryl methyl sites for hydroxylation is 1. The van der Waals surface area contributed by atoms with Crippen LogP contribution in [0.1, 0.15) is 50.9 Å². The number of nitrogens with zero attached hydrogens (tertiary/aromatic N) is 1. The summed E-state index contributed by atoms with van der Waals surface area (Å²) in [5, 5.41) is 6.86. The molecule has 132 valence electrons. The number of Topliss-reactive ketones (excluding diaryl/α,β-unsaturated/α-hetero) is 1. The number of carbonyl (C=O) groups excluding carboxylic acids is 2. The summed E-state index contributed by atoms with van der Waals surface area (Å²) in [6.07, 6.45) is 1.86. The van der Waals surface area contributed by atoms with E-state index in [2.05, 4.69) is 10.3 Å². The minimum absolute atomic E-state index is 0.00294. The lowest BCUT2D eigenvalue weighted by Gasteiger charge is -2.24. The van der Waals surface area contributed by atoms with Crippen molar-refractivity contribution in [3.8, 4) is 0 Å². The number of pyridine rings is 1. The Labute approximate surface area is 149 Å². The molecule has 25 heavy (non-hydrogen) atoms. The van der Waals surface area contributed by atoms with E-state index in [4.69, 9.17) is 0 Å². The zero-order chi connectivity index (χ0) is 18.0. The molecule has 2 heterocycles. The topological polar surface area (TPSA) is 82.3 Å². The van der Waals surface area contributed by atoms with Crippen molar-refractivity contribution in [2.45, 2.75) is 25.3 Å². The van der Waals surface area contributed by atoms with Gasteiger partial charge in [-0.15, -0.1) is 0 Å². The SMILES string of the molecule is CN(C)[C@@H](CNC(=O)c1cc2c([nH]c1=O)CCCC2=O)c1ccsc1. The van der Waals surface area contributed by atoms with Crippen LogP contribution in [0.5, 0.6) is 0 Å². The second-order valence-electron chi connectivity index (χ2n) is 6.43. The molecule has 1 amide bonds. The van der Waals surface area contributed by atoms with E-state index in [1.54, 1.807) is 11.3 Å². The number of fused-ring (bicyclic) bond motifs is 1. The molecule has 0 aliphatic heterocycles. The highest BCUT2D eigenvalue weighted by Gasteiger charge is 2.23. The standard InChI is InChI=1S/C18H21N3O3S/c1-21(2)15(11-6-7-25-10-11)9-19-17(23)13-8-12-14(20-18(13)24)4-3-5-16(12)22/h6-8,10,15H,3-5,9H2,1-2H3,(H,19,23)(H,20,24)/t15-/m0/s1. The van der Waals surface area contributed by atoms with Crippen LogP contribution in [0.4, 0.5) is 0 Å². The number of hydrogen-bond acceptors (Lipinski definition) is 5. The summed E-state index contributed by atoms with van der Waals surface area (Å²) in [6, 6.07) is 3.49. The van der Waals surface area contributed by atoms with Gasteiger partial charge in [-0.25, -0.2) is 0 Å². The molecule has 0 saturated heterocycles. The first-order chi connectivity index (χ1) is 12.0. The first-order valence-corrected chi connectivity index (χ1v) is 9.17. The summed E-state index contributed by atoms with van der Waals surface area (Å²) in [4.78, 5) is 41.4. The Morgan fingerprint density at radius 1 is 1.36 bits per heavy atom. The lowest BCUT2D eigenvalue weighted by Crippen LogP contribution is -2.37. The molecule has 2 N–H and O–H groups in total. The van der Waals surface area contributed by atoms with Crippen LogP contribution in [-0.2, 0) is 6.42 Å². The van der Waals surface area contributed by atoms with E-state index in [-0.39, 0.29) is 17.4 Å². The number of nitrogens with one attached hydrogen (secondary N) is 2. The van der Waals surface area contributed by atoms with Crippen molar-refractivity contribution in [1.29, 1.82) is 0 Å². The average Bonchev–Trinajstić information content (AvgIpc) is 3.08. The number of aromatic nitrogens is 1. The van der Waals surface area contributed by atoms with Crippen molar-refractivity contribution >= 4 is 23.0 Å². The van der Waals surface area contributed by atoms with Gasteiger partial charge >= 0.3 is 0 Å². The molecule has 7 heteroatoms. The highest BCUT2D eigenvalue weighted by molar-refractivity contribution is 7.07. The minimum atomic E-state index is -0.454. The molecule has 0 saturated carbocycles. The summed E-state index contributed by atoms with van der Waals surface area (Å²) < 4.78 is 0. The fraction of sp³-hybridized carbons (Fsp3) is 0.389. The number of carbonyl (C=O) groups is 2. The molecule has 0 fully saturated rings. The fourth-order valence-corrected chi connectivity index (χ4v) is 3.80. The van der Waals surface area contributed by atoms with Crippen LogP contribution in [0.15, 0.2) is 27.7 Å². The third-order valence-corrected chi connectivity index (χ3v) is 5.21. The molecule has 1 aliphatic rings. The summed E-state index contributed by atoms with van der Waals surface area (Å²) in [5.41, 5.74) is 1.78. The van der Waals surface area contributed by atoms with Crippen LogP contribution < -0.4 is 10.9 Å². The molecule has 0 radical (unpaired) electrons. The van der Waals surface area contributed by atoms with Gasteiger partial charge in [0.15, 0.2) is 5.78 Å². The summed E-state index contributed by atoms with van der Waals surface area (Å²) in [6.45, 7) is 0.382. The van der Waals surface area contributed by atoms with Crippen molar-refractivity contribution in [3.63, 3.8) is 0 Å². The summed E-state index contributed by atoms with van der Waals surface area (Å²) in [7, 11) is 3.89. The number of likely N-dealkylation sites (N-methyl/N-ethyl adjacent to an activating group) is 1. The van der Waals surface area contributed by atoms with Gasteiger partial charge in [-0.2, -0.15) is 11.3 Å². The number of rotatable bonds is 5. The maximum absolute atomic E-state index is 12.5. The average molecular weight is 359 g/mol. The Bertz CT molecular complexity index is 840. The quantitative estimate of drug-likeness (QED) is 0.855. The van der Waals surface area contributed by atoms with Gasteiger partial charge in [-0.1, -0.05) is 0 Å². The number of hydrogen-bond donors (Lipinski definition) is 2. The van der Waals surface area contributed by atoms with E-state index in [0.717, 1.165) is 12.0 Å². The minimum Gasteiger partial charge on any atom is -0.350 e. The van der Waals surface area contributed by atoms with Gasteiger partial charge in [-0.3, -0.25) is 14.4 Å². The molecule has 1 aliphatic carbocycles. The summed E-state index contributed by atoms with van der Waals surface area (Å²) in [5.74, 6) is -0.472. The van der Waals surface area contributed by atoms with E-state index in [1.807, 2.05) is 35.8 Å². The Hall–Kier alpha value is -2.25. The molecule has 0 spiro atoms. The lowest BCUT2D eigenvalue weighted by atomic mass is 9.93. The molecule has 3 rings (SSSR count). The van der Waals surface area contributed by atoms with Crippen LogP contribution in [0, 0.1) is 0 Å². The van der Waals surface area contributed by atoms with Crippen molar-refractivity contribution in [3.05, 3.63) is 55.6 Å². The number of aromatic amines is 1. The lowest BCUT2D eigenvalue weighted by molar-refractivity contribution is 0.0940. The molecular weight excluding hydrogens is 338 g/mol. The van der Waals surface area contributed by atoms with E-state index in [9.17, 15) is 14.4 Å². The summed E-state index contributed by atoms with van der Waals surface area (Å²) >= 11 is 1.60. The molecule has 0 bridgehead atoms. The predicted molar refractivity (Wildman–Crippen MR) is 97.4 cm³/mol. The van der Waals surface area contributed by atoms with Crippen LogP contribution in [-0.4, -0.2) is 42.2 Å². The molecule has 0 aromatic carbocycles. The number of amides is 1. The molecular formula is C18H21N3O3S.